The fraction of sp³-hybridized carbons (Fsp3) is 1.00. The third-order valence-corrected chi connectivity index (χ3v) is 5.04. The van der Waals surface area contributed by atoms with Crippen LogP contribution in [0.15, 0.2) is 0 Å². The van der Waals surface area contributed by atoms with E-state index in [9.17, 15) is 0 Å². The molecule has 2 atom stereocenters. The summed E-state index contributed by atoms with van der Waals surface area (Å²) in [4.78, 5) is 2.74. The van der Waals surface area contributed by atoms with Crippen molar-refractivity contribution < 1.29 is 0 Å². The average molecular weight is 268 g/mol. The number of likely N-dealkylation sites (tertiary alicyclic amines) is 1. The van der Waals surface area contributed by atoms with Crippen LogP contribution in [0.4, 0.5) is 0 Å². The molecular weight excluding hydrogens is 232 g/mol. The normalized spacial score (nSPS) is 21.9. The fourth-order valence-electron chi connectivity index (χ4n) is 3.64. The summed E-state index contributed by atoms with van der Waals surface area (Å²) < 4.78 is 0. The van der Waals surface area contributed by atoms with Crippen molar-refractivity contribution in [3.63, 3.8) is 0 Å². The minimum Gasteiger partial charge on any atom is -0.315 e. The Labute approximate surface area is 121 Å². The van der Waals surface area contributed by atoms with E-state index >= 15 is 0 Å². The van der Waals surface area contributed by atoms with Crippen LogP contribution in [-0.4, -0.2) is 36.6 Å². The molecule has 1 rings (SSSR count). The lowest BCUT2D eigenvalue weighted by atomic mass is 9.84. The van der Waals surface area contributed by atoms with E-state index in [1.807, 2.05) is 0 Å². The van der Waals surface area contributed by atoms with Gasteiger partial charge < -0.3 is 5.32 Å². The average Bonchev–Trinajstić information content (AvgIpc) is 2.65. The van der Waals surface area contributed by atoms with Crippen LogP contribution in [0.3, 0.4) is 0 Å². The van der Waals surface area contributed by atoms with Crippen LogP contribution in [-0.2, 0) is 0 Å². The lowest BCUT2D eigenvalue weighted by Gasteiger charge is -2.45. The van der Waals surface area contributed by atoms with Gasteiger partial charge in [0.05, 0.1) is 0 Å². The molecule has 19 heavy (non-hydrogen) atoms. The quantitative estimate of drug-likeness (QED) is 0.749. The van der Waals surface area contributed by atoms with Gasteiger partial charge in [0.1, 0.15) is 0 Å². The van der Waals surface area contributed by atoms with Gasteiger partial charge in [0.2, 0.25) is 0 Å². The first-order valence-electron chi connectivity index (χ1n) is 8.44. The smallest absolute Gasteiger partial charge is 0.0306 e. The van der Waals surface area contributed by atoms with Crippen molar-refractivity contribution in [3.05, 3.63) is 0 Å². The van der Waals surface area contributed by atoms with E-state index in [2.05, 4.69) is 45.0 Å². The molecule has 0 aromatic carbocycles. The Morgan fingerprint density at radius 3 is 2.16 bits per heavy atom. The van der Waals surface area contributed by atoms with Crippen molar-refractivity contribution in [2.75, 3.05) is 20.1 Å². The van der Waals surface area contributed by atoms with Crippen molar-refractivity contribution >= 4 is 0 Å². The van der Waals surface area contributed by atoms with Gasteiger partial charge in [-0.25, -0.2) is 0 Å². The number of nitrogens with one attached hydrogen (secondary N) is 1. The van der Waals surface area contributed by atoms with Crippen LogP contribution in [0, 0.1) is 5.92 Å². The molecule has 0 spiro atoms. The molecule has 0 aromatic rings. The summed E-state index contributed by atoms with van der Waals surface area (Å²) in [5, 5.41) is 3.61. The molecule has 0 saturated carbocycles. The van der Waals surface area contributed by atoms with Gasteiger partial charge in [-0.15, -0.1) is 0 Å². The first kappa shape index (κ1) is 17.0. The zero-order valence-electron chi connectivity index (χ0n) is 14.0. The predicted molar refractivity (Wildman–Crippen MR) is 85.7 cm³/mol. The Morgan fingerprint density at radius 2 is 1.68 bits per heavy atom. The number of hydrogen-bond donors (Lipinski definition) is 1. The Bertz CT molecular complexity index is 229. The van der Waals surface area contributed by atoms with Crippen LogP contribution in [0.1, 0.15) is 72.6 Å². The van der Waals surface area contributed by atoms with Crippen molar-refractivity contribution in [1.82, 2.24) is 10.2 Å². The molecule has 1 aliphatic heterocycles. The maximum Gasteiger partial charge on any atom is 0.0306 e. The maximum absolute atomic E-state index is 3.61. The van der Waals surface area contributed by atoms with Crippen LogP contribution >= 0.6 is 0 Å². The molecule has 0 bridgehead atoms. The summed E-state index contributed by atoms with van der Waals surface area (Å²) in [7, 11) is 2.14. The van der Waals surface area contributed by atoms with Crippen LogP contribution in [0.25, 0.3) is 0 Å². The topological polar surface area (TPSA) is 15.3 Å². The minimum atomic E-state index is 0.279. The SMILES string of the molecule is CCCC(C)CC(NC)C(C)(C)N1CCCCCC1. The Balaban J connectivity index is 2.64. The second-order valence-electron chi connectivity index (χ2n) is 7.03. The summed E-state index contributed by atoms with van der Waals surface area (Å²) in [6.07, 6.45) is 9.56. The molecule has 1 aliphatic rings. The van der Waals surface area contributed by atoms with Crippen molar-refractivity contribution in [2.24, 2.45) is 5.92 Å². The van der Waals surface area contributed by atoms with Gasteiger partial charge in [-0.2, -0.15) is 0 Å². The molecule has 0 aromatic heterocycles. The van der Waals surface area contributed by atoms with E-state index < -0.39 is 0 Å². The lowest BCUT2D eigenvalue weighted by Crippen LogP contribution is -2.57. The Kier molecular flexibility index (Phi) is 7.38. The van der Waals surface area contributed by atoms with Gasteiger partial charge in [-0.3, -0.25) is 4.90 Å². The number of hydrogen-bond acceptors (Lipinski definition) is 2. The van der Waals surface area contributed by atoms with Gasteiger partial charge in [-0.1, -0.05) is 39.5 Å². The molecule has 2 unspecified atom stereocenters. The van der Waals surface area contributed by atoms with E-state index in [0.717, 1.165) is 5.92 Å². The largest absolute Gasteiger partial charge is 0.315 e. The zero-order chi connectivity index (χ0) is 14.3. The summed E-state index contributed by atoms with van der Waals surface area (Å²) in [6, 6.07) is 0.604. The second-order valence-corrected chi connectivity index (χ2v) is 7.03. The molecule has 1 saturated heterocycles. The van der Waals surface area contributed by atoms with Crippen LogP contribution in [0.5, 0.6) is 0 Å². The summed E-state index contributed by atoms with van der Waals surface area (Å²) in [5.41, 5.74) is 0.279. The molecular formula is C17H36N2. The van der Waals surface area contributed by atoms with Crippen molar-refractivity contribution in [1.29, 1.82) is 0 Å². The maximum atomic E-state index is 3.61. The lowest BCUT2D eigenvalue weighted by molar-refractivity contribution is 0.0764. The van der Waals surface area contributed by atoms with E-state index in [-0.39, 0.29) is 5.54 Å². The molecule has 2 nitrogen and oxygen atoms in total. The van der Waals surface area contributed by atoms with E-state index in [4.69, 9.17) is 0 Å². The molecule has 1 heterocycles. The third kappa shape index (κ3) is 5.07. The van der Waals surface area contributed by atoms with Gasteiger partial charge in [0.15, 0.2) is 0 Å². The zero-order valence-corrected chi connectivity index (χ0v) is 14.0. The van der Waals surface area contributed by atoms with Crippen molar-refractivity contribution in [2.45, 2.75) is 84.2 Å². The van der Waals surface area contributed by atoms with E-state index in [1.54, 1.807) is 0 Å². The highest BCUT2D eigenvalue weighted by atomic mass is 15.2. The Morgan fingerprint density at radius 1 is 1.11 bits per heavy atom. The molecule has 0 radical (unpaired) electrons. The molecule has 0 amide bonds. The van der Waals surface area contributed by atoms with E-state index in [0.29, 0.717) is 6.04 Å². The number of rotatable bonds is 7. The molecule has 0 aliphatic carbocycles. The first-order valence-corrected chi connectivity index (χ1v) is 8.44. The second kappa shape index (κ2) is 8.26. The van der Waals surface area contributed by atoms with Gasteiger partial charge in [0.25, 0.3) is 0 Å². The highest BCUT2D eigenvalue weighted by Gasteiger charge is 2.35. The molecule has 2 heteroatoms. The number of nitrogens with zero attached hydrogens (tertiary/aromatic N) is 1. The van der Waals surface area contributed by atoms with Gasteiger partial charge in [0, 0.05) is 11.6 Å². The first-order chi connectivity index (χ1) is 9.02. The monoisotopic (exact) mass is 268 g/mol. The summed E-state index contributed by atoms with van der Waals surface area (Å²) >= 11 is 0. The minimum absolute atomic E-state index is 0.279. The third-order valence-electron chi connectivity index (χ3n) is 5.04. The number of likely N-dealkylation sites (N-methyl/N-ethyl adjacent to an activating group) is 1. The van der Waals surface area contributed by atoms with E-state index in [1.165, 1.54) is 58.0 Å². The summed E-state index contributed by atoms with van der Waals surface area (Å²) in [6.45, 7) is 12.2. The van der Waals surface area contributed by atoms with Crippen molar-refractivity contribution in [3.8, 4) is 0 Å². The Hall–Kier alpha value is -0.0800. The molecule has 1 fully saturated rings. The highest BCUT2D eigenvalue weighted by molar-refractivity contribution is 4.94. The van der Waals surface area contributed by atoms with Gasteiger partial charge in [-0.05, 0) is 59.2 Å². The standard InChI is InChI=1S/C17H36N2/c1-6-11-15(2)14-16(18-5)17(3,4)19-12-9-7-8-10-13-19/h15-16,18H,6-14H2,1-5H3. The summed E-state index contributed by atoms with van der Waals surface area (Å²) in [5.74, 6) is 0.828. The molecule has 1 N–H and O–H groups in total. The predicted octanol–water partition coefficient (Wildman–Crippen LogP) is 4.06. The molecule has 114 valence electrons. The van der Waals surface area contributed by atoms with Gasteiger partial charge >= 0.3 is 0 Å². The fourth-order valence-corrected chi connectivity index (χ4v) is 3.64. The highest BCUT2D eigenvalue weighted by Crippen LogP contribution is 2.27. The van der Waals surface area contributed by atoms with Crippen LogP contribution in [0.2, 0.25) is 0 Å². The van der Waals surface area contributed by atoms with Crippen LogP contribution < -0.4 is 5.32 Å².